The van der Waals surface area contributed by atoms with Crippen molar-refractivity contribution in [3.63, 3.8) is 0 Å². The number of benzene rings is 1. The van der Waals surface area contributed by atoms with Crippen molar-refractivity contribution in [3.05, 3.63) is 48.4 Å². The minimum absolute atomic E-state index is 0.274. The zero-order valence-electron chi connectivity index (χ0n) is 9.72. The first-order chi connectivity index (χ1) is 8.79. The number of thiazole rings is 1. The van der Waals surface area contributed by atoms with Gasteiger partial charge in [-0.1, -0.05) is 36.4 Å². The van der Waals surface area contributed by atoms with Gasteiger partial charge in [-0.3, -0.25) is 5.32 Å². The molecule has 0 fully saturated rings. The molecule has 4 nitrogen and oxygen atoms in total. The Labute approximate surface area is 109 Å². The highest BCUT2D eigenvalue weighted by Gasteiger charge is 2.06. The number of hydrogen-bond acceptors (Lipinski definition) is 3. The first-order valence-electron chi connectivity index (χ1n) is 5.46. The predicted octanol–water partition coefficient (Wildman–Crippen LogP) is 3.12. The Hall–Kier alpha value is -2.14. The maximum Gasteiger partial charge on any atom is 0.321 e. The number of nitrogens with one attached hydrogen (secondary N) is 2. The summed E-state index contributed by atoms with van der Waals surface area (Å²) in [6.07, 6.45) is 1.62. The zero-order chi connectivity index (χ0) is 12.8. The van der Waals surface area contributed by atoms with E-state index in [1.165, 1.54) is 11.3 Å². The Morgan fingerprint density at radius 3 is 2.89 bits per heavy atom. The quantitative estimate of drug-likeness (QED) is 0.829. The summed E-state index contributed by atoms with van der Waals surface area (Å²) >= 11 is 1.40. The summed E-state index contributed by atoms with van der Waals surface area (Å²) < 4.78 is 0. The van der Waals surface area contributed by atoms with E-state index < -0.39 is 0 Å². The molecule has 0 saturated carbocycles. The highest BCUT2D eigenvalue weighted by Crippen LogP contribution is 2.24. The minimum atomic E-state index is -0.274. The topological polar surface area (TPSA) is 54.0 Å². The first-order valence-corrected chi connectivity index (χ1v) is 6.34. The molecule has 0 saturated heterocycles. The van der Waals surface area contributed by atoms with Gasteiger partial charge in [-0.15, -0.1) is 17.9 Å². The van der Waals surface area contributed by atoms with Crippen LogP contribution < -0.4 is 10.6 Å². The molecule has 92 valence electrons. The average Bonchev–Trinajstić information content (AvgIpc) is 2.86. The highest BCUT2D eigenvalue weighted by molar-refractivity contribution is 7.14. The summed E-state index contributed by atoms with van der Waals surface area (Å²) in [5.74, 6) is 0. The fourth-order valence-corrected chi connectivity index (χ4v) is 2.09. The van der Waals surface area contributed by atoms with E-state index in [0.29, 0.717) is 11.7 Å². The number of carbonyl (C=O) groups excluding carboxylic acids is 1. The molecule has 1 aromatic carbocycles. The van der Waals surface area contributed by atoms with Gasteiger partial charge in [0, 0.05) is 17.5 Å². The lowest BCUT2D eigenvalue weighted by atomic mass is 10.2. The summed E-state index contributed by atoms with van der Waals surface area (Å²) in [5, 5.41) is 7.80. The Balaban J connectivity index is 2.02. The molecule has 5 heteroatoms. The van der Waals surface area contributed by atoms with Crippen LogP contribution in [0.1, 0.15) is 0 Å². The van der Waals surface area contributed by atoms with E-state index in [2.05, 4.69) is 22.2 Å². The average molecular weight is 259 g/mol. The summed E-state index contributed by atoms with van der Waals surface area (Å²) in [4.78, 5) is 15.8. The van der Waals surface area contributed by atoms with Crippen LogP contribution in [0.2, 0.25) is 0 Å². The standard InChI is InChI=1S/C13H13N3OS/c1-2-8-14-12(17)16-13-15-11(9-18-13)10-6-4-3-5-7-10/h2-7,9H,1,8H2,(H2,14,15,16,17). The molecule has 2 N–H and O–H groups in total. The number of aromatic nitrogens is 1. The molecule has 0 radical (unpaired) electrons. The lowest BCUT2D eigenvalue weighted by Gasteiger charge is -2.01. The van der Waals surface area contributed by atoms with Crippen LogP contribution in [-0.4, -0.2) is 17.6 Å². The summed E-state index contributed by atoms with van der Waals surface area (Å²) in [6, 6.07) is 9.56. The molecule has 0 unspecified atom stereocenters. The third kappa shape index (κ3) is 3.18. The van der Waals surface area contributed by atoms with Gasteiger partial charge in [0.15, 0.2) is 5.13 Å². The number of hydrogen-bond donors (Lipinski definition) is 2. The van der Waals surface area contributed by atoms with Crippen molar-refractivity contribution in [1.82, 2.24) is 10.3 Å². The van der Waals surface area contributed by atoms with Gasteiger partial charge in [0.2, 0.25) is 0 Å². The Bertz CT molecular complexity index is 536. The number of amides is 2. The molecule has 1 aromatic heterocycles. The molecule has 0 bridgehead atoms. The largest absolute Gasteiger partial charge is 0.334 e. The number of nitrogens with zero attached hydrogens (tertiary/aromatic N) is 1. The van der Waals surface area contributed by atoms with Crippen molar-refractivity contribution in [2.75, 3.05) is 11.9 Å². The lowest BCUT2D eigenvalue weighted by molar-refractivity contribution is 0.253. The fourth-order valence-electron chi connectivity index (χ4n) is 1.38. The molecule has 0 atom stereocenters. The minimum Gasteiger partial charge on any atom is -0.334 e. The molecular weight excluding hydrogens is 246 g/mol. The number of carbonyl (C=O) groups is 1. The summed E-state index contributed by atoms with van der Waals surface area (Å²) in [5.41, 5.74) is 1.90. The van der Waals surface area contributed by atoms with Crippen molar-refractivity contribution < 1.29 is 4.79 Å². The molecule has 0 aliphatic heterocycles. The first kappa shape index (κ1) is 12.3. The number of anilines is 1. The van der Waals surface area contributed by atoms with Gasteiger partial charge in [0.05, 0.1) is 5.69 Å². The van der Waals surface area contributed by atoms with Gasteiger partial charge in [0.25, 0.3) is 0 Å². The second-order valence-corrected chi connectivity index (χ2v) is 4.39. The molecule has 18 heavy (non-hydrogen) atoms. The molecule has 1 heterocycles. The van der Waals surface area contributed by atoms with E-state index in [1.807, 2.05) is 35.7 Å². The summed E-state index contributed by atoms with van der Waals surface area (Å²) in [6.45, 7) is 3.96. The number of rotatable bonds is 4. The van der Waals surface area contributed by atoms with Gasteiger partial charge >= 0.3 is 6.03 Å². The van der Waals surface area contributed by atoms with E-state index in [9.17, 15) is 4.79 Å². The van der Waals surface area contributed by atoms with Gasteiger partial charge in [-0.05, 0) is 0 Å². The lowest BCUT2D eigenvalue weighted by Crippen LogP contribution is -2.28. The molecule has 0 aliphatic carbocycles. The molecule has 0 spiro atoms. The molecule has 2 amide bonds. The zero-order valence-corrected chi connectivity index (χ0v) is 10.5. The molecule has 2 aromatic rings. The van der Waals surface area contributed by atoms with Crippen LogP contribution in [0, 0.1) is 0 Å². The van der Waals surface area contributed by atoms with Crippen LogP contribution in [0.4, 0.5) is 9.93 Å². The van der Waals surface area contributed by atoms with Crippen LogP contribution in [0.5, 0.6) is 0 Å². The van der Waals surface area contributed by atoms with Crippen molar-refractivity contribution in [1.29, 1.82) is 0 Å². The van der Waals surface area contributed by atoms with Gasteiger partial charge in [-0.25, -0.2) is 9.78 Å². The Morgan fingerprint density at radius 1 is 1.39 bits per heavy atom. The van der Waals surface area contributed by atoms with Crippen molar-refractivity contribution in [2.24, 2.45) is 0 Å². The Morgan fingerprint density at radius 2 is 2.17 bits per heavy atom. The van der Waals surface area contributed by atoms with Crippen LogP contribution >= 0.6 is 11.3 Å². The van der Waals surface area contributed by atoms with Gasteiger partial charge < -0.3 is 5.32 Å². The van der Waals surface area contributed by atoms with Crippen molar-refractivity contribution in [3.8, 4) is 11.3 Å². The van der Waals surface area contributed by atoms with Crippen LogP contribution in [0.15, 0.2) is 48.4 Å². The predicted molar refractivity (Wildman–Crippen MR) is 74.8 cm³/mol. The SMILES string of the molecule is C=CCNC(=O)Nc1nc(-c2ccccc2)cs1. The second kappa shape index (κ2) is 5.97. The van der Waals surface area contributed by atoms with Crippen LogP contribution in [0.25, 0.3) is 11.3 Å². The highest BCUT2D eigenvalue weighted by atomic mass is 32.1. The summed E-state index contributed by atoms with van der Waals surface area (Å²) in [7, 11) is 0. The van der Waals surface area contributed by atoms with E-state index in [1.54, 1.807) is 6.08 Å². The van der Waals surface area contributed by atoms with Crippen LogP contribution in [-0.2, 0) is 0 Å². The van der Waals surface area contributed by atoms with E-state index in [-0.39, 0.29) is 6.03 Å². The number of urea groups is 1. The van der Waals surface area contributed by atoms with Crippen molar-refractivity contribution in [2.45, 2.75) is 0 Å². The van der Waals surface area contributed by atoms with E-state index in [4.69, 9.17) is 0 Å². The molecule has 0 aliphatic rings. The van der Waals surface area contributed by atoms with Gasteiger partial charge in [0.1, 0.15) is 0 Å². The smallest absolute Gasteiger partial charge is 0.321 e. The van der Waals surface area contributed by atoms with E-state index in [0.717, 1.165) is 11.3 Å². The van der Waals surface area contributed by atoms with E-state index >= 15 is 0 Å². The van der Waals surface area contributed by atoms with Gasteiger partial charge in [-0.2, -0.15) is 0 Å². The monoisotopic (exact) mass is 259 g/mol. The maximum atomic E-state index is 11.4. The normalized spacial score (nSPS) is 9.78. The third-order valence-electron chi connectivity index (χ3n) is 2.20. The second-order valence-electron chi connectivity index (χ2n) is 3.53. The van der Waals surface area contributed by atoms with Crippen molar-refractivity contribution >= 4 is 22.5 Å². The van der Waals surface area contributed by atoms with Crippen LogP contribution in [0.3, 0.4) is 0 Å². The molecule has 2 rings (SSSR count). The Kier molecular flexibility index (Phi) is 4.09. The fraction of sp³-hybridized carbons (Fsp3) is 0.0769. The third-order valence-corrected chi connectivity index (χ3v) is 2.96. The molecular formula is C13H13N3OS. The maximum absolute atomic E-state index is 11.4.